The standard InChI is InChI=1S/C22H31N3O3/c1-15(2)28-20-8-7-18(13-16(20)3)21(26)25-11-9-22(27-6,10-12-25)19-14-23-24(5)17(19)4/h7-8,13-15H,9-12H2,1-6H3. The molecule has 152 valence electrons. The summed E-state index contributed by atoms with van der Waals surface area (Å²) in [5.74, 6) is 0.891. The number of hydrogen-bond donors (Lipinski definition) is 0. The van der Waals surface area contributed by atoms with Gasteiger partial charge in [0.15, 0.2) is 0 Å². The van der Waals surface area contributed by atoms with Crippen molar-refractivity contribution in [3.05, 3.63) is 46.8 Å². The topological polar surface area (TPSA) is 56.6 Å². The molecule has 1 aromatic heterocycles. The summed E-state index contributed by atoms with van der Waals surface area (Å²) in [5, 5.41) is 4.37. The van der Waals surface area contributed by atoms with E-state index in [0.717, 1.165) is 35.4 Å². The maximum atomic E-state index is 13.0. The van der Waals surface area contributed by atoms with Gasteiger partial charge in [0, 0.05) is 44.1 Å². The minimum absolute atomic E-state index is 0.0619. The monoisotopic (exact) mass is 385 g/mol. The Labute approximate surface area is 167 Å². The van der Waals surface area contributed by atoms with Gasteiger partial charge >= 0.3 is 0 Å². The highest BCUT2D eigenvalue weighted by Crippen LogP contribution is 2.38. The largest absolute Gasteiger partial charge is 0.491 e. The fraction of sp³-hybridized carbons (Fsp3) is 0.545. The average Bonchev–Trinajstić information content (AvgIpc) is 3.02. The molecule has 0 saturated carbocycles. The number of carbonyl (C=O) groups excluding carboxylic acids is 1. The van der Waals surface area contributed by atoms with Gasteiger partial charge in [0.25, 0.3) is 5.91 Å². The average molecular weight is 386 g/mol. The summed E-state index contributed by atoms with van der Waals surface area (Å²) in [6.07, 6.45) is 3.53. The molecule has 6 heteroatoms. The number of hydrogen-bond acceptors (Lipinski definition) is 4. The third-order valence-electron chi connectivity index (χ3n) is 5.76. The van der Waals surface area contributed by atoms with Crippen LogP contribution in [-0.2, 0) is 17.4 Å². The van der Waals surface area contributed by atoms with Crippen LogP contribution in [0, 0.1) is 13.8 Å². The van der Waals surface area contributed by atoms with E-state index in [0.29, 0.717) is 18.7 Å². The van der Waals surface area contributed by atoms with Crippen molar-refractivity contribution in [1.82, 2.24) is 14.7 Å². The fourth-order valence-corrected chi connectivity index (χ4v) is 3.95. The number of rotatable bonds is 5. The number of piperidine rings is 1. The summed E-state index contributed by atoms with van der Waals surface area (Å²) >= 11 is 0. The van der Waals surface area contributed by atoms with Crippen molar-refractivity contribution >= 4 is 5.91 Å². The number of amides is 1. The lowest BCUT2D eigenvalue weighted by atomic mass is 9.84. The van der Waals surface area contributed by atoms with Crippen LogP contribution in [0.2, 0.25) is 0 Å². The Kier molecular flexibility index (Phi) is 5.79. The number of aromatic nitrogens is 2. The Morgan fingerprint density at radius 1 is 1.21 bits per heavy atom. The predicted octanol–water partition coefficient (Wildman–Crippen LogP) is 3.60. The molecule has 6 nitrogen and oxygen atoms in total. The highest BCUT2D eigenvalue weighted by molar-refractivity contribution is 5.94. The highest BCUT2D eigenvalue weighted by atomic mass is 16.5. The Morgan fingerprint density at radius 3 is 2.39 bits per heavy atom. The second-order valence-corrected chi connectivity index (χ2v) is 7.90. The van der Waals surface area contributed by atoms with Gasteiger partial charge in [-0.25, -0.2) is 0 Å². The smallest absolute Gasteiger partial charge is 0.253 e. The molecule has 0 atom stereocenters. The zero-order chi connectivity index (χ0) is 20.5. The molecule has 1 fully saturated rings. The summed E-state index contributed by atoms with van der Waals surface area (Å²) in [6.45, 7) is 9.35. The SMILES string of the molecule is COC1(c2cnn(C)c2C)CCN(C(=O)c2ccc(OC(C)C)c(C)c2)CC1. The molecule has 0 N–H and O–H groups in total. The molecule has 3 rings (SSSR count). The maximum Gasteiger partial charge on any atom is 0.253 e. The zero-order valence-corrected chi connectivity index (χ0v) is 17.8. The zero-order valence-electron chi connectivity index (χ0n) is 17.8. The molecule has 0 spiro atoms. The molecule has 0 bridgehead atoms. The Balaban J connectivity index is 1.73. The van der Waals surface area contributed by atoms with Gasteiger partial charge in [-0.15, -0.1) is 0 Å². The Bertz CT molecular complexity index is 849. The number of nitrogens with zero attached hydrogens (tertiary/aromatic N) is 3. The van der Waals surface area contributed by atoms with Crippen LogP contribution in [-0.4, -0.2) is 46.9 Å². The Morgan fingerprint density at radius 2 is 1.89 bits per heavy atom. The molecule has 2 heterocycles. The molecule has 0 unspecified atom stereocenters. The van der Waals surface area contributed by atoms with Gasteiger partial charge in [-0.3, -0.25) is 9.48 Å². The fourth-order valence-electron chi connectivity index (χ4n) is 3.95. The van der Waals surface area contributed by atoms with E-state index >= 15 is 0 Å². The molecule has 1 aliphatic heterocycles. The lowest BCUT2D eigenvalue weighted by Crippen LogP contribution is -2.46. The molecule has 28 heavy (non-hydrogen) atoms. The summed E-state index contributed by atoms with van der Waals surface area (Å²) in [5.41, 5.74) is 3.54. The third-order valence-corrected chi connectivity index (χ3v) is 5.76. The molecular weight excluding hydrogens is 354 g/mol. The highest BCUT2D eigenvalue weighted by Gasteiger charge is 2.40. The van der Waals surface area contributed by atoms with Gasteiger partial charge in [0.2, 0.25) is 0 Å². The first-order chi connectivity index (χ1) is 13.3. The van der Waals surface area contributed by atoms with Crippen LogP contribution in [0.3, 0.4) is 0 Å². The predicted molar refractivity (Wildman–Crippen MR) is 109 cm³/mol. The molecule has 0 radical (unpaired) electrons. The van der Waals surface area contributed by atoms with Gasteiger partial charge in [-0.1, -0.05) is 0 Å². The van der Waals surface area contributed by atoms with Crippen LogP contribution in [0.1, 0.15) is 53.9 Å². The van der Waals surface area contributed by atoms with E-state index in [1.54, 1.807) is 7.11 Å². The molecule has 1 amide bonds. The minimum atomic E-state index is -0.375. The lowest BCUT2D eigenvalue weighted by Gasteiger charge is -2.41. The molecular formula is C22H31N3O3. The summed E-state index contributed by atoms with van der Waals surface area (Å²) in [7, 11) is 3.69. The molecule has 1 aromatic carbocycles. The van der Waals surface area contributed by atoms with E-state index in [4.69, 9.17) is 9.47 Å². The lowest BCUT2D eigenvalue weighted by molar-refractivity contribution is -0.0579. The van der Waals surface area contributed by atoms with E-state index in [2.05, 4.69) is 12.0 Å². The van der Waals surface area contributed by atoms with Crippen molar-refractivity contribution in [3.8, 4) is 5.75 Å². The molecule has 1 saturated heterocycles. The number of ether oxygens (including phenoxy) is 2. The van der Waals surface area contributed by atoms with Crippen LogP contribution in [0.4, 0.5) is 0 Å². The number of methoxy groups -OCH3 is 1. The number of benzene rings is 1. The summed E-state index contributed by atoms with van der Waals surface area (Å²) in [6, 6.07) is 5.67. The van der Waals surface area contributed by atoms with Gasteiger partial charge < -0.3 is 14.4 Å². The number of likely N-dealkylation sites (tertiary alicyclic amines) is 1. The second-order valence-electron chi connectivity index (χ2n) is 7.90. The Hall–Kier alpha value is -2.34. The van der Waals surface area contributed by atoms with Crippen LogP contribution < -0.4 is 4.74 Å². The minimum Gasteiger partial charge on any atom is -0.491 e. The van der Waals surface area contributed by atoms with Crippen molar-refractivity contribution in [3.63, 3.8) is 0 Å². The van der Waals surface area contributed by atoms with E-state index in [1.165, 1.54) is 0 Å². The first-order valence-corrected chi connectivity index (χ1v) is 9.88. The van der Waals surface area contributed by atoms with E-state index in [9.17, 15) is 4.79 Å². The quantitative estimate of drug-likeness (QED) is 0.789. The van der Waals surface area contributed by atoms with Crippen molar-refractivity contribution in [2.24, 2.45) is 7.05 Å². The van der Waals surface area contributed by atoms with Crippen molar-refractivity contribution < 1.29 is 14.3 Å². The third kappa shape index (κ3) is 3.78. The van der Waals surface area contributed by atoms with Crippen LogP contribution >= 0.6 is 0 Å². The summed E-state index contributed by atoms with van der Waals surface area (Å²) < 4.78 is 13.6. The van der Waals surface area contributed by atoms with E-state index in [-0.39, 0.29) is 17.6 Å². The van der Waals surface area contributed by atoms with Gasteiger partial charge in [0.05, 0.1) is 17.9 Å². The molecule has 0 aliphatic carbocycles. The number of aryl methyl sites for hydroxylation is 2. The first-order valence-electron chi connectivity index (χ1n) is 9.88. The number of carbonyl (C=O) groups is 1. The van der Waals surface area contributed by atoms with Crippen molar-refractivity contribution in [1.29, 1.82) is 0 Å². The van der Waals surface area contributed by atoms with Gasteiger partial charge in [0.1, 0.15) is 5.75 Å². The molecule has 2 aromatic rings. The van der Waals surface area contributed by atoms with E-state index < -0.39 is 0 Å². The van der Waals surface area contributed by atoms with Crippen LogP contribution in [0.25, 0.3) is 0 Å². The normalized spacial score (nSPS) is 16.5. The van der Waals surface area contributed by atoms with Crippen molar-refractivity contribution in [2.45, 2.75) is 52.2 Å². The summed E-state index contributed by atoms with van der Waals surface area (Å²) in [4.78, 5) is 14.9. The van der Waals surface area contributed by atoms with E-state index in [1.807, 2.05) is 61.8 Å². The van der Waals surface area contributed by atoms with Gasteiger partial charge in [-0.05, 0) is 64.3 Å². The van der Waals surface area contributed by atoms with Crippen LogP contribution in [0.15, 0.2) is 24.4 Å². The second kappa shape index (κ2) is 7.95. The first kappa shape index (κ1) is 20.4. The molecule has 1 aliphatic rings. The van der Waals surface area contributed by atoms with Gasteiger partial charge in [-0.2, -0.15) is 5.10 Å². The van der Waals surface area contributed by atoms with Crippen molar-refractivity contribution in [2.75, 3.05) is 20.2 Å². The van der Waals surface area contributed by atoms with Crippen LogP contribution in [0.5, 0.6) is 5.75 Å². The maximum absolute atomic E-state index is 13.0.